The number of halogens is 2. The van der Waals surface area contributed by atoms with Gasteiger partial charge in [0.1, 0.15) is 0 Å². The van der Waals surface area contributed by atoms with Crippen molar-refractivity contribution in [1.29, 1.82) is 0 Å². The number of hydrogen-bond acceptors (Lipinski definition) is 2. The standard InChI is InChI=1S/C14H19Cl2NO/c1-9(5-3-6-10(2)17)14(18)11-7-4-8-12(15)13(11)16/h4,7-10H,3,5-6,17H2,1-2H3. The summed E-state index contributed by atoms with van der Waals surface area (Å²) >= 11 is 12.0. The second-order valence-corrected chi connectivity index (χ2v) is 5.56. The molecule has 0 radical (unpaired) electrons. The van der Waals surface area contributed by atoms with Crippen molar-refractivity contribution in [3.63, 3.8) is 0 Å². The molecule has 0 saturated carbocycles. The SMILES string of the molecule is CC(N)CCCC(C)C(=O)c1cccc(Cl)c1Cl. The predicted molar refractivity (Wildman–Crippen MR) is 77.5 cm³/mol. The quantitative estimate of drug-likeness (QED) is 0.792. The van der Waals surface area contributed by atoms with E-state index in [1.807, 2.05) is 13.8 Å². The van der Waals surface area contributed by atoms with Gasteiger partial charge < -0.3 is 5.73 Å². The van der Waals surface area contributed by atoms with E-state index >= 15 is 0 Å². The maximum Gasteiger partial charge on any atom is 0.167 e. The summed E-state index contributed by atoms with van der Waals surface area (Å²) in [7, 11) is 0. The summed E-state index contributed by atoms with van der Waals surface area (Å²) in [6.07, 6.45) is 2.70. The lowest BCUT2D eigenvalue weighted by Gasteiger charge is -2.12. The highest BCUT2D eigenvalue weighted by Crippen LogP contribution is 2.28. The minimum Gasteiger partial charge on any atom is -0.328 e. The summed E-state index contributed by atoms with van der Waals surface area (Å²) in [5, 5.41) is 0.772. The number of carbonyl (C=O) groups excluding carboxylic acids is 1. The van der Waals surface area contributed by atoms with E-state index in [1.165, 1.54) is 0 Å². The molecular weight excluding hydrogens is 269 g/mol. The number of ketones is 1. The van der Waals surface area contributed by atoms with Gasteiger partial charge in [0.15, 0.2) is 5.78 Å². The normalized spacial score (nSPS) is 14.3. The van der Waals surface area contributed by atoms with E-state index in [2.05, 4.69) is 0 Å². The smallest absolute Gasteiger partial charge is 0.167 e. The van der Waals surface area contributed by atoms with Crippen molar-refractivity contribution < 1.29 is 4.79 Å². The molecule has 2 nitrogen and oxygen atoms in total. The molecule has 0 bridgehead atoms. The Labute approximate surface area is 118 Å². The van der Waals surface area contributed by atoms with Crippen LogP contribution in [-0.4, -0.2) is 11.8 Å². The number of benzene rings is 1. The molecular formula is C14H19Cl2NO. The van der Waals surface area contributed by atoms with E-state index in [9.17, 15) is 4.79 Å². The number of carbonyl (C=O) groups is 1. The van der Waals surface area contributed by atoms with Gasteiger partial charge in [-0.2, -0.15) is 0 Å². The van der Waals surface area contributed by atoms with E-state index < -0.39 is 0 Å². The van der Waals surface area contributed by atoms with Gasteiger partial charge in [-0.3, -0.25) is 4.79 Å². The fourth-order valence-electron chi connectivity index (χ4n) is 1.84. The lowest BCUT2D eigenvalue weighted by atomic mass is 9.93. The number of rotatable bonds is 6. The van der Waals surface area contributed by atoms with Crippen LogP contribution >= 0.6 is 23.2 Å². The maximum absolute atomic E-state index is 12.2. The zero-order valence-electron chi connectivity index (χ0n) is 10.7. The van der Waals surface area contributed by atoms with Crippen LogP contribution in [0.25, 0.3) is 0 Å². The van der Waals surface area contributed by atoms with Crippen LogP contribution in [0, 0.1) is 5.92 Å². The van der Waals surface area contributed by atoms with Crippen LogP contribution in [0.5, 0.6) is 0 Å². The highest BCUT2D eigenvalue weighted by molar-refractivity contribution is 6.43. The molecule has 1 aromatic carbocycles. The fourth-order valence-corrected chi connectivity index (χ4v) is 2.23. The largest absolute Gasteiger partial charge is 0.328 e. The topological polar surface area (TPSA) is 43.1 Å². The minimum absolute atomic E-state index is 0.0483. The van der Waals surface area contributed by atoms with E-state index in [1.54, 1.807) is 18.2 Å². The molecule has 0 heterocycles. The van der Waals surface area contributed by atoms with Gasteiger partial charge in [-0.15, -0.1) is 0 Å². The van der Waals surface area contributed by atoms with Crippen LogP contribution in [0.2, 0.25) is 10.0 Å². The van der Waals surface area contributed by atoms with Gasteiger partial charge in [0.25, 0.3) is 0 Å². The number of nitrogens with two attached hydrogens (primary N) is 1. The van der Waals surface area contributed by atoms with E-state index in [-0.39, 0.29) is 17.7 Å². The summed E-state index contributed by atoms with van der Waals surface area (Å²) in [6, 6.07) is 5.33. The molecule has 0 aromatic heterocycles. The third-order valence-electron chi connectivity index (χ3n) is 2.96. The molecule has 2 atom stereocenters. The van der Waals surface area contributed by atoms with Crippen LogP contribution < -0.4 is 5.73 Å². The molecule has 0 spiro atoms. The van der Waals surface area contributed by atoms with Crippen molar-refractivity contribution >= 4 is 29.0 Å². The molecule has 2 unspecified atom stereocenters. The van der Waals surface area contributed by atoms with Crippen LogP contribution in [-0.2, 0) is 0 Å². The van der Waals surface area contributed by atoms with Gasteiger partial charge in [-0.05, 0) is 31.9 Å². The molecule has 0 saturated heterocycles. The number of hydrogen-bond donors (Lipinski definition) is 1. The Morgan fingerprint density at radius 3 is 2.56 bits per heavy atom. The monoisotopic (exact) mass is 287 g/mol. The lowest BCUT2D eigenvalue weighted by Crippen LogP contribution is -2.16. The Balaban J connectivity index is 2.66. The van der Waals surface area contributed by atoms with E-state index in [0.29, 0.717) is 15.6 Å². The van der Waals surface area contributed by atoms with Crippen LogP contribution in [0.15, 0.2) is 18.2 Å². The zero-order chi connectivity index (χ0) is 13.7. The summed E-state index contributed by atoms with van der Waals surface area (Å²) in [6.45, 7) is 3.89. The predicted octanol–water partition coefficient (Wildman–Crippen LogP) is 4.33. The van der Waals surface area contributed by atoms with Crippen molar-refractivity contribution in [3.8, 4) is 0 Å². The first-order valence-electron chi connectivity index (χ1n) is 6.17. The van der Waals surface area contributed by atoms with E-state index in [0.717, 1.165) is 19.3 Å². The van der Waals surface area contributed by atoms with Gasteiger partial charge in [0.2, 0.25) is 0 Å². The third-order valence-corrected chi connectivity index (χ3v) is 3.78. The molecule has 1 aromatic rings. The molecule has 0 fully saturated rings. The van der Waals surface area contributed by atoms with Crippen molar-refractivity contribution in [2.75, 3.05) is 0 Å². The van der Waals surface area contributed by atoms with Gasteiger partial charge in [0, 0.05) is 17.5 Å². The summed E-state index contributed by atoms with van der Waals surface area (Å²) in [5.41, 5.74) is 6.20. The number of Topliss-reactive ketones (excluding diaryl/α,β-unsaturated/α-hetero) is 1. The summed E-state index contributed by atoms with van der Waals surface area (Å²) in [4.78, 5) is 12.2. The zero-order valence-corrected chi connectivity index (χ0v) is 12.3. The summed E-state index contributed by atoms with van der Waals surface area (Å²) < 4.78 is 0. The molecule has 0 aliphatic rings. The second-order valence-electron chi connectivity index (χ2n) is 4.77. The van der Waals surface area contributed by atoms with Gasteiger partial charge in [0.05, 0.1) is 10.0 Å². The Kier molecular flexibility index (Phi) is 6.13. The van der Waals surface area contributed by atoms with Crippen LogP contribution in [0.3, 0.4) is 0 Å². The average Bonchev–Trinajstić information content (AvgIpc) is 2.31. The Morgan fingerprint density at radius 2 is 1.94 bits per heavy atom. The maximum atomic E-state index is 12.2. The highest BCUT2D eigenvalue weighted by atomic mass is 35.5. The summed E-state index contributed by atoms with van der Waals surface area (Å²) in [5.74, 6) is -0.00751. The first-order chi connectivity index (χ1) is 8.43. The Bertz CT molecular complexity index is 418. The second kappa shape index (κ2) is 7.13. The Morgan fingerprint density at radius 1 is 1.28 bits per heavy atom. The van der Waals surface area contributed by atoms with Gasteiger partial charge in [-0.25, -0.2) is 0 Å². The Hall–Kier alpha value is -0.570. The first-order valence-corrected chi connectivity index (χ1v) is 6.93. The van der Waals surface area contributed by atoms with Crippen molar-refractivity contribution in [2.45, 2.75) is 39.2 Å². The van der Waals surface area contributed by atoms with Crippen molar-refractivity contribution in [3.05, 3.63) is 33.8 Å². The first kappa shape index (κ1) is 15.5. The third kappa shape index (κ3) is 4.27. The molecule has 2 N–H and O–H groups in total. The van der Waals surface area contributed by atoms with Crippen LogP contribution in [0.4, 0.5) is 0 Å². The fraction of sp³-hybridized carbons (Fsp3) is 0.500. The highest BCUT2D eigenvalue weighted by Gasteiger charge is 2.18. The van der Waals surface area contributed by atoms with Crippen molar-refractivity contribution in [2.24, 2.45) is 11.7 Å². The minimum atomic E-state index is -0.0558. The van der Waals surface area contributed by atoms with Gasteiger partial charge >= 0.3 is 0 Å². The molecule has 0 amide bonds. The molecule has 4 heteroatoms. The molecule has 0 aliphatic heterocycles. The molecule has 0 aliphatic carbocycles. The van der Waals surface area contributed by atoms with Crippen molar-refractivity contribution in [1.82, 2.24) is 0 Å². The van der Waals surface area contributed by atoms with Gasteiger partial charge in [-0.1, -0.05) is 42.6 Å². The lowest BCUT2D eigenvalue weighted by molar-refractivity contribution is 0.0922. The molecule has 1 rings (SSSR count). The van der Waals surface area contributed by atoms with Crippen LogP contribution in [0.1, 0.15) is 43.5 Å². The van der Waals surface area contributed by atoms with E-state index in [4.69, 9.17) is 28.9 Å². The molecule has 100 valence electrons. The average molecular weight is 288 g/mol. The molecule has 18 heavy (non-hydrogen) atoms.